The van der Waals surface area contributed by atoms with Crippen molar-refractivity contribution >= 4 is 5.91 Å². The fourth-order valence-electron chi connectivity index (χ4n) is 4.21. The number of nitrogens with one attached hydrogen (secondary N) is 1. The van der Waals surface area contributed by atoms with Crippen LogP contribution in [0.25, 0.3) is 0 Å². The van der Waals surface area contributed by atoms with Gasteiger partial charge in [-0.05, 0) is 47.2 Å². The number of nitrogens with zero attached hydrogens (tertiary/aromatic N) is 1. The summed E-state index contributed by atoms with van der Waals surface area (Å²) in [6.45, 7) is 4.65. The van der Waals surface area contributed by atoms with E-state index in [1.165, 1.54) is 22.3 Å². The molecule has 3 aromatic carbocycles. The Morgan fingerprint density at radius 3 is 2.52 bits per heavy atom. The number of rotatable bonds is 8. The van der Waals surface area contributed by atoms with Gasteiger partial charge < -0.3 is 10.1 Å². The highest BCUT2D eigenvalue weighted by molar-refractivity contribution is 5.77. The Labute approximate surface area is 184 Å². The predicted octanol–water partition coefficient (Wildman–Crippen LogP) is 4.74. The topological polar surface area (TPSA) is 41.6 Å². The summed E-state index contributed by atoms with van der Waals surface area (Å²) < 4.78 is 5.84. The number of amides is 1. The summed E-state index contributed by atoms with van der Waals surface area (Å²) in [5, 5.41) is 2.86. The van der Waals surface area contributed by atoms with E-state index in [9.17, 15) is 4.79 Å². The lowest BCUT2D eigenvalue weighted by atomic mass is 9.87. The van der Waals surface area contributed by atoms with Crippen LogP contribution in [0, 0.1) is 0 Å². The first-order valence-corrected chi connectivity index (χ1v) is 11.1. The standard InChI is InChI=1S/C27H30N2O2/c1-2-16-28-26(30)20-31-24-14-13-22-15-17-29(19-21-9-5-3-6-10-21)27(25(22)18-24)23-11-7-4-8-12-23/h3-14,18,27H,2,15-17,19-20H2,1H3,(H,28,30)/t27-/m1/s1. The molecule has 4 rings (SSSR count). The Morgan fingerprint density at radius 2 is 1.77 bits per heavy atom. The Morgan fingerprint density at radius 1 is 1.03 bits per heavy atom. The van der Waals surface area contributed by atoms with Gasteiger partial charge >= 0.3 is 0 Å². The summed E-state index contributed by atoms with van der Waals surface area (Å²) in [6.07, 6.45) is 1.92. The van der Waals surface area contributed by atoms with E-state index < -0.39 is 0 Å². The number of fused-ring (bicyclic) bond motifs is 1. The number of benzene rings is 3. The molecular formula is C27H30N2O2. The van der Waals surface area contributed by atoms with Crippen molar-refractivity contribution in [2.75, 3.05) is 19.7 Å². The van der Waals surface area contributed by atoms with Crippen LogP contribution in [0.15, 0.2) is 78.9 Å². The molecule has 0 saturated carbocycles. The third kappa shape index (κ3) is 5.33. The molecule has 0 radical (unpaired) electrons. The second-order valence-corrected chi connectivity index (χ2v) is 8.02. The highest BCUT2D eigenvalue weighted by Gasteiger charge is 2.29. The third-order valence-electron chi connectivity index (χ3n) is 5.73. The first kappa shape index (κ1) is 21.1. The second kappa shape index (κ2) is 10.3. The molecule has 4 heteroatoms. The predicted molar refractivity (Wildman–Crippen MR) is 124 cm³/mol. The molecule has 3 aromatic rings. The molecule has 0 saturated heterocycles. The van der Waals surface area contributed by atoms with Gasteiger partial charge in [-0.25, -0.2) is 0 Å². The Hall–Kier alpha value is -3.11. The first-order valence-electron chi connectivity index (χ1n) is 11.1. The van der Waals surface area contributed by atoms with E-state index in [1.807, 2.05) is 13.0 Å². The third-order valence-corrected chi connectivity index (χ3v) is 5.73. The molecule has 160 valence electrons. The molecule has 1 N–H and O–H groups in total. The number of carbonyl (C=O) groups is 1. The molecule has 1 aliphatic heterocycles. The van der Waals surface area contributed by atoms with Crippen molar-refractivity contribution in [1.29, 1.82) is 0 Å². The maximum atomic E-state index is 12.0. The van der Waals surface area contributed by atoms with Gasteiger partial charge in [-0.3, -0.25) is 9.69 Å². The summed E-state index contributed by atoms with van der Waals surface area (Å²) in [4.78, 5) is 14.5. The highest BCUT2D eigenvalue weighted by Crippen LogP contribution is 2.37. The van der Waals surface area contributed by atoms with Gasteiger partial charge in [0, 0.05) is 19.6 Å². The van der Waals surface area contributed by atoms with E-state index in [2.05, 4.69) is 83.0 Å². The lowest BCUT2D eigenvalue weighted by Crippen LogP contribution is -2.35. The zero-order chi connectivity index (χ0) is 21.5. The van der Waals surface area contributed by atoms with Gasteiger partial charge in [0.25, 0.3) is 5.91 Å². The van der Waals surface area contributed by atoms with E-state index in [0.717, 1.165) is 31.7 Å². The minimum absolute atomic E-state index is 0.0442. The summed E-state index contributed by atoms with van der Waals surface area (Å²) in [5.74, 6) is 0.665. The first-order chi connectivity index (χ1) is 15.2. The van der Waals surface area contributed by atoms with E-state index in [1.54, 1.807) is 0 Å². The molecule has 0 fully saturated rings. The van der Waals surface area contributed by atoms with Crippen LogP contribution in [0.2, 0.25) is 0 Å². The normalized spacial score (nSPS) is 15.8. The SMILES string of the molecule is CCCNC(=O)COc1ccc2c(c1)[C@@H](c1ccccc1)N(Cc1ccccc1)CC2. The van der Waals surface area contributed by atoms with E-state index >= 15 is 0 Å². The maximum absolute atomic E-state index is 12.0. The molecule has 1 amide bonds. The summed E-state index contributed by atoms with van der Waals surface area (Å²) in [7, 11) is 0. The Bertz CT molecular complexity index is 989. The molecule has 0 aromatic heterocycles. The summed E-state index contributed by atoms with van der Waals surface area (Å²) in [6, 6.07) is 27.7. The zero-order valence-electron chi connectivity index (χ0n) is 18.1. The van der Waals surface area contributed by atoms with Gasteiger partial charge in [-0.2, -0.15) is 0 Å². The lowest BCUT2D eigenvalue weighted by Gasteiger charge is -2.38. The van der Waals surface area contributed by atoms with Crippen LogP contribution in [0.5, 0.6) is 5.75 Å². The van der Waals surface area contributed by atoms with Crippen LogP contribution in [-0.4, -0.2) is 30.5 Å². The number of hydrogen-bond acceptors (Lipinski definition) is 3. The highest BCUT2D eigenvalue weighted by atomic mass is 16.5. The molecule has 1 aliphatic rings. The van der Waals surface area contributed by atoms with Crippen LogP contribution in [0.3, 0.4) is 0 Å². The summed E-state index contributed by atoms with van der Waals surface area (Å²) >= 11 is 0. The van der Waals surface area contributed by atoms with Crippen molar-refractivity contribution in [3.63, 3.8) is 0 Å². The van der Waals surface area contributed by atoms with Crippen molar-refractivity contribution in [3.05, 3.63) is 101 Å². The largest absolute Gasteiger partial charge is 0.484 e. The molecule has 4 nitrogen and oxygen atoms in total. The zero-order valence-corrected chi connectivity index (χ0v) is 18.1. The number of ether oxygens (including phenoxy) is 1. The average Bonchev–Trinajstić information content (AvgIpc) is 2.82. The van der Waals surface area contributed by atoms with Crippen molar-refractivity contribution in [2.45, 2.75) is 32.4 Å². The van der Waals surface area contributed by atoms with Crippen molar-refractivity contribution < 1.29 is 9.53 Å². The quantitative estimate of drug-likeness (QED) is 0.579. The van der Waals surface area contributed by atoms with Crippen LogP contribution in [-0.2, 0) is 17.8 Å². The van der Waals surface area contributed by atoms with Crippen LogP contribution < -0.4 is 10.1 Å². The lowest BCUT2D eigenvalue weighted by molar-refractivity contribution is -0.123. The summed E-state index contributed by atoms with van der Waals surface area (Å²) in [5.41, 5.74) is 5.20. The maximum Gasteiger partial charge on any atom is 0.257 e. The Kier molecular flexibility index (Phi) is 7.00. The molecule has 1 heterocycles. The second-order valence-electron chi connectivity index (χ2n) is 8.02. The van der Waals surface area contributed by atoms with Crippen molar-refractivity contribution in [2.24, 2.45) is 0 Å². The van der Waals surface area contributed by atoms with Gasteiger partial charge in [-0.15, -0.1) is 0 Å². The van der Waals surface area contributed by atoms with Crippen LogP contribution in [0.1, 0.15) is 41.6 Å². The molecular weight excluding hydrogens is 384 g/mol. The molecule has 31 heavy (non-hydrogen) atoms. The monoisotopic (exact) mass is 414 g/mol. The van der Waals surface area contributed by atoms with E-state index in [4.69, 9.17) is 4.74 Å². The number of carbonyl (C=O) groups excluding carboxylic acids is 1. The fourth-order valence-corrected chi connectivity index (χ4v) is 4.21. The molecule has 0 bridgehead atoms. The van der Waals surface area contributed by atoms with Crippen LogP contribution >= 0.6 is 0 Å². The van der Waals surface area contributed by atoms with Crippen LogP contribution in [0.4, 0.5) is 0 Å². The van der Waals surface area contributed by atoms with Gasteiger partial charge in [0.1, 0.15) is 5.75 Å². The average molecular weight is 415 g/mol. The van der Waals surface area contributed by atoms with Gasteiger partial charge in [0.2, 0.25) is 0 Å². The van der Waals surface area contributed by atoms with Gasteiger partial charge in [-0.1, -0.05) is 73.7 Å². The fraction of sp³-hybridized carbons (Fsp3) is 0.296. The molecule has 0 unspecified atom stereocenters. The number of hydrogen-bond donors (Lipinski definition) is 1. The van der Waals surface area contributed by atoms with Gasteiger partial charge in [0.15, 0.2) is 6.61 Å². The molecule has 0 aliphatic carbocycles. The van der Waals surface area contributed by atoms with E-state index in [-0.39, 0.29) is 18.6 Å². The smallest absolute Gasteiger partial charge is 0.257 e. The van der Waals surface area contributed by atoms with Crippen molar-refractivity contribution in [1.82, 2.24) is 10.2 Å². The minimum atomic E-state index is -0.0788. The Balaban J connectivity index is 1.60. The molecule has 1 atom stereocenters. The van der Waals surface area contributed by atoms with Gasteiger partial charge in [0.05, 0.1) is 6.04 Å². The minimum Gasteiger partial charge on any atom is -0.484 e. The van der Waals surface area contributed by atoms with Crippen molar-refractivity contribution in [3.8, 4) is 5.75 Å². The molecule has 0 spiro atoms. The van der Waals surface area contributed by atoms with E-state index in [0.29, 0.717) is 6.54 Å².